The van der Waals surface area contributed by atoms with E-state index in [-0.39, 0.29) is 0 Å². The van der Waals surface area contributed by atoms with Crippen LogP contribution in [0.1, 0.15) is 32.6 Å². The molecule has 2 heteroatoms. The largest absolute Gasteiger partial charge is 0.380 e. The molecule has 0 saturated heterocycles. The molecule has 0 aromatic rings. The highest BCUT2D eigenvalue weighted by Crippen LogP contribution is 2.24. The molecule has 0 amide bonds. The summed E-state index contributed by atoms with van der Waals surface area (Å²) >= 11 is 0. The molecule has 12 heavy (non-hydrogen) atoms. The van der Waals surface area contributed by atoms with Gasteiger partial charge in [0.2, 0.25) is 0 Å². The van der Waals surface area contributed by atoms with Crippen LogP contribution in [0, 0.1) is 5.92 Å². The minimum absolute atomic E-state index is 0.876. The van der Waals surface area contributed by atoms with Crippen LogP contribution in [0.3, 0.4) is 0 Å². The van der Waals surface area contributed by atoms with Crippen molar-refractivity contribution in [3.63, 3.8) is 0 Å². The fourth-order valence-electron chi connectivity index (χ4n) is 1.39. The summed E-state index contributed by atoms with van der Waals surface area (Å²) in [6.07, 6.45) is 5.44. The van der Waals surface area contributed by atoms with E-state index in [1.807, 2.05) is 0 Å². The minimum atomic E-state index is 0.876. The minimum Gasteiger partial charge on any atom is -0.380 e. The molecular weight excluding hydrogens is 150 g/mol. The smallest absolute Gasteiger partial charge is 0.0590 e. The Labute approximate surface area is 75.7 Å². The number of hydrogen-bond acceptors (Lipinski definition) is 2. The molecule has 0 aliphatic heterocycles. The fraction of sp³-hybridized carbons (Fsp3) is 1.00. The van der Waals surface area contributed by atoms with Gasteiger partial charge in [0.05, 0.1) is 6.61 Å². The highest BCUT2D eigenvalue weighted by molar-refractivity contribution is 4.71. The molecule has 1 rings (SSSR count). The molecule has 2 nitrogen and oxygen atoms in total. The van der Waals surface area contributed by atoms with Gasteiger partial charge in [-0.1, -0.05) is 13.3 Å². The Bertz CT molecular complexity index is 102. The summed E-state index contributed by atoms with van der Waals surface area (Å²) in [6, 6.07) is 0. The van der Waals surface area contributed by atoms with Gasteiger partial charge in [-0.25, -0.2) is 0 Å². The second-order valence-corrected chi connectivity index (χ2v) is 3.61. The van der Waals surface area contributed by atoms with Crippen LogP contribution in [0.2, 0.25) is 0 Å². The quantitative estimate of drug-likeness (QED) is 0.590. The summed E-state index contributed by atoms with van der Waals surface area (Å²) in [6.45, 7) is 6.15. The van der Waals surface area contributed by atoms with Gasteiger partial charge >= 0.3 is 0 Å². The van der Waals surface area contributed by atoms with Gasteiger partial charge in [-0.15, -0.1) is 0 Å². The molecular formula is C10H21NO. The van der Waals surface area contributed by atoms with E-state index in [1.165, 1.54) is 25.8 Å². The summed E-state index contributed by atoms with van der Waals surface area (Å²) in [5, 5.41) is 3.42. The molecule has 1 aliphatic carbocycles. The summed E-state index contributed by atoms with van der Waals surface area (Å²) in [7, 11) is 0. The summed E-state index contributed by atoms with van der Waals surface area (Å²) in [4.78, 5) is 0. The molecule has 0 radical (unpaired) electrons. The van der Waals surface area contributed by atoms with Crippen LogP contribution in [0.5, 0.6) is 0 Å². The molecule has 1 saturated carbocycles. The molecule has 1 N–H and O–H groups in total. The molecule has 72 valence electrons. The number of nitrogens with one attached hydrogen (secondary N) is 1. The van der Waals surface area contributed by atoms with Gasteiger partial charge in [-0.05, 0) is 31.7 Å². The Kier molecular flexibility index (Phi) is 5.37. The van der Waals surface area contributed by atoms with Gasteiger partial charge in [-0.2, -0.15) is 0 Å². The van der Waals surface area contributed by atoms with Crippen LogP contribution in [0.25, 0.3) is 0 Å². The first-order valence-electron chi connectivity index (χ1n) is 5.22. The Morgan fingerprint density at radius 2 is 2.17 bits per heavy atom. The van der Waals surface area contributed by atoms with E-state index in [1.54, 1.807) is 0 Å². The molecule has 0 spiro atoms. The summed E-state index contributed by atoms with van der Waals surface area (Å²) < 4.78 is 5.35. The lowest BCUT2D eigenvalue weighted by Gasteiger charge is -2.25. The average Bonchev–Trinajstić information content (AvgIpc) is 2.00. The lowest BCUT2D eigenvalue weighted by molar-refractivity contribution is 0.134. The molecule has 1 aliphatic rings. The van der Waals surface area contributed by atoms with Crippen LogP contribution in [0.15, 0.2) is 0 Å². The maximum atomic E-state index is 5.35. The highest BCUT2D eigenvalue weighted by atomic mass is 16.5. The Balaban J connectivity index is 1.70. The average molecular weight is 171 g/mol. The summed E-state index contributed by atoms with van der Waals surface area (Å²) in [5.41, 5.74) is 0. The third-order valence-corrected chi connectivity index (χ3v) is 2.43. The SMILES string of the molecule is CCCOCCNCC1CCC1. The zero-order valence-electron chi connectivity index (χ0n) is 8.14. The Hall–Kier alpha value is -0.0800. The van der Waals surface area contributed by atoms with Crippen LogP contribution in [-0.4, -0.2) is 26.3 Å². The predicted octanol–water partition coefficient (Wildman–Crippen LogP) is 1.80. The van der Waals surface area contributed by atoms with Gasteiger partial charge in [0.15, 0.2) is 0 Å². The molecule has 1 fully saturated rings. The number of rotatable bonds is 7. The molecule has 0 aromatic heterocycles. The number of ether oxygens (including phenoxy) is 1. The van der Waals surface area contributed by atoms with E-state index in [4.69, 9.17) is 4.74 Å². The van der Waals surface area contributed by atoms with E-state index in [2.05, 4.69) is 12.2 Å². The van der Waals surface area contributed by atoms with E-state index in [0.717, 1.165) is 32.1 Å². The topological polar surface area (TPSA) is 21.3 Å². The van der Waals surface area contributed by atoms with Gasteiger partial charge in [0, 0.05) is 13.2 Å². The van der Waals surface area contributed by atoms with Crippen LogP contribution in [-0.2, 0) is 4.74 Å². The fourth-order valence-corrected chi connectivity index (χ4v) is 1.39. The van der Waals surface area contributed by atoms with Crippen molar-refractivity contribution in [2.45, 2.75) is 32.6 Å². The first-order chi connectivity index (χ1) is 5.93. The lowest BCUT2D eigenvalue weighted by Crippen LogP contribution is -2.29. The van der Waals surface area contributed by atoms with E-state index in [9.17, 15) is 0 Å². The zero-order valence-corrected chi connectivity index (χ0v) is 8.14. The standard InChI is InChI=1S/C10H21NO/c1-2-7-12-8-6-11-9-10-4-3-5-10/h10-11H,2-9H2,1H3. The zero-order chi connectivity index (χ0) is 8.65. The van der Waals surface area contributed by atoms with Crippen molar-refractivity contribution in [2.24, 2.45) is 5.92 Å². The van der Waals surface area contributed by atoms with Crippen LogP contribution >= 0.6 is 0 Å². The Morgan fingerprint density at radius 1 is 1.33 bits per heavy atom. The maximum Gasteiger partial charge on any atom is 0.0590 e. The van der Waals surface area contributed by atoms with Crippen molar-refractivity contribution in [1.29, 1.82) is 0 Å². The van der Waals surface area contributed by atoms with Crippen LogP contribution < -0.4 is 5.32 Å². The molecule has 0 heterocycles. The Morgan fingerprint density at radius 3 is 2.75 bits per heavy atom. The highest BCUT2D eigenvalue weighted by Gasteiger charge is 2.15. The van der Waals surface area contributed by atoms with Crippen molar-refractivity contribution < 1.29 is 4.74 Å². The third kappa shape index (κ3) is 4.07. The first kappa shape index (κ1) is 10.0. The second-order valence-electron chi connectivity index (χ2n) is 3.61. The van der Waals surface area contributed by atoms with Crippen molar-refractivity contribution in [3.8, 4) is 0 Å². The van der Waals surface area contributed by atoms with Gasteiger partial charge < -0.3 is 10.1 Å². The number of hydrogen-bond donors (Lipinski definition) is 1. The molecule has 0 bridgehead atoms. The van der Waals surface area contributed by atoms with Gasteiger partial charge in [0.25, 0.3) is 0 Å². The maximum absolute atomic E-state index is 5.35. The van der Waals surface area contributed by atoms with Crippen LogP contribution in [0.4, 0.5) is 0 Å². The van der Waals surface area contributed by atoms with E-state index < -0.39 is 0 Å². The first-order valence-corrected chi connectivity index (χ1v) is 5.22. The van der Waals surface area contributed by atoms with Crippen molar-refractivity contribution in [2.75, 3.05) is 26.3 Å². The second kappa shape index (κ2) is 6.44. The molecule has 0 unspecified atom stereocenters. The van der Waals surface area contributed by atoms with E-state index >= 15 is 0 Å². The van der Waals surface area contributed by atoms with Crippen molar-refractivity contribution in [3.05, 3.63) is 0 Å². The monoisotopic (exact) mass is 171 g/mol. The van der Waals surface area contributed by atoms with Gasteiger partial charge in [0.1, 0.15) is 0 Å². The third-order valence-electron chi connectivity index (χ3n) is 2.43. The summed E-state index contributed by atoms with van der Waals surface area (Å²) in [5.74, 6) is 0.969. The van der Waals surface area contributed by atoms with Gasteiger partial charge in [-0.3, -0.25) is 0 Å². The van der Waals surface area contributed by atoms with Crippen molar-refractivity contribution >= 4 is 0 Å². The van der Waals surface area contributed by atoms with Crippen molar-refractivity contribution in [1.82, 2.24) is 5.32 Å². The predicted molar refractivity (Wildman–Crippen MR) is 51.3 cm³/mol. The van der Waals surface area contributed by atoms with E-state index in [0.29, 0.717) is 0 Å². The molecule has 0 aromatic carbocycles. The lowest BCUT2D eigenvalue weighted by atomic mass is 9.85. The molecule has 0 atom stereocenters. The normalized spacial score (nSPS) is 17.8.